The van der Waals surface area contributed by atoms with Gasteiger partial charge in [0.25, 0.3) is 0 Å². The number of hydrogen-bond donors (Lipinski definition) is 1. The maximum absolute atomic E-state index is 4.74. The molecule has 2 aromatic heterocycles. The molecule has 1 N–H and O–H groups in total. The Balaban J connectivity index is 2.12. The van der Waals surface area contributed by atoms with Gasteiger partial charge in [0.05, 0.1) is 5.69 Å². The van der Waals surface area contributed by atoms with Gasteiger partial charge < -0.3 is 5.32 Å². The highest BCUT2D eigenvalue weighted by Crippen LogP contribution is 2.29. The lowest BCUT2D eigenvalue weighted by Crippen LogP contribution is -2.23. The molecule has 2 aromatic rings. The van der Waals surface area contributed by atoms with Crippen molar-refractivity contribution in [2.75, 3.05) is 6.54 Å². The van der Waals surface area contributed by atoms with Crippen molar-refractivity contribution in [1.82, 2.24) is 20.1 Å². The number of rotatable bonds is 3. The van der Waals surface area contributed by atoms with Crippen molar-refractivity contribution in [2.24, 2.45) is 0 Å². The van der Waals surface area contributed by atoms with Crippen LogP contribution < -0.4 is 5.32 Å². The average Bonchev–Trinajstić information content (AvgIpc) is 2.94. The van der Waals surface area contributed by atoms with E-state index in [9.17, 15) is 0 Å². The maximum Gasteiger partial charge on any atom is 0.141 e. The van der Waals surface area contributed by atoms with E-state index in [-0.39, 0.29) is 0 Å². The molecule has 0 spiro atoms. The molecule has 1 aliphatic rings. The zero-order chi connectivity index (χ0) is 11.7. The second-order valence-corrected chi connectivity index (χ2v) is 5.16. The Morgan fingerprint density at radius 2 is 2.47 bits per heavy atom. The molecular formula is C12H16N4S. The SMILES string of the molecule is CCCn1nc2c(c1-c1nccs1)CNCC2. The van der Waals surface area contributed by atoms with Gasteiger partial charge in [-0.25, -0.2) is 4.98 Å². The van der Waals surface area contributed by atoms with Crippen LogP contribution in [0.5, 0.6) is 0 Å². The van der Waals surface area contributed by atoms with E-state index in [1.807, 2.05) is 11.6 Å². The van der Waals surface area contributed by atoms with Crippen LogP contribution in [-0.2, 0) is 19.5 Å². The summed E-state index contributed by atoms with van der Waals surface area (Å²) >= 11 is 1.69. The molecule has 5 heteroatoms. The summed E-state index contributed by atoms with van der Waals surface area (Å²) in [6.07, 6.45) is 4.00. The van der Waals surface area contributed by atoms with E-state index >= 15 is 0 Å². The van der Waals surface area contributed by atoms with Gasteiger partial charge in [0.2, 0.25) is 0 Å². The van der Waals surface area contributed by atoms with E-state index in [1.54, 1.807) is 11.3 Å². The first-order valence-electron chi connectivity index (χ1n) is 6.09. The molecule has 0 amide bonds. The van der Waals surface area contributed by atoms with Gasteiger partial charge >= 0.3 is 0 Å². The molecule has 4 nitrogen and oxygen atoms in total. The van der Waals surface area contributed by atoms with Crippen molar-refractivity contribution in [3.05, 3.63) is 22.8 Å². The quantitative estimate of drug-likeness (QED) is 0.904. The van der Waals surface area contributed by atoms with Crippen molar-refractivity contribution < 1.29 is 0 Å². The van der Waals surface area contributed by atoms with Crippen molar-refractivity contribution in [3.63, 3.8) is 0 Å². The lowest BCUT2D eigenvalue weighted by Gasteiger charge is -2.12. The summed E-state index contributed by atoms with van der Waals surface area (Å²) in [6.45, 7) is 5.12. The first-order chi connectivity index (χ1) is 8.40. The fraction of sp³-hybridized carbons (Fsp3) is 0.500. The van der Waals surface area contributed by atoms with Crippen LogP contribution in [-0.4, -0.2) is 21.3 Å². The zero-order valence-corrected chi connectivity index (χ0v) is 10.8. The van der Waals surface area contributed by atoms with Crippen molar-refractivity contribution >= 4 is 11.3 Å². The monoisotopic (exact) mass is 248 g/mol. The number of fused-ring (bicyclic) bond motifs is 1. The zero-order valence-electron chi connectivity index (χ0n) is 9.94. The van der Waals surface area contributed by atoms with Gasteiger partial charge in [-0.2, -0.15) is 5.10 Å². The molecule has 3 heterocycles. The molecule has 0 atom stereocenters. The molecule has 0 radical (unpaired) electrons. The van der Waals surface area contributed by atoms with Crippen molar-refractivity contribution in [2.45, 2.75) is 32.9 Å². The molecule has 90 valence electrons. The van der Waals surface area contributed by atoms with E-state index < -0.39 is 0 Å². The minimum atomic E-state index is 0.925. The summed E-state index contributed by atoms with van der Waals surface area (Å²) in [4.78, 5) is 4.44. The molecule has 0 aliphatic carbocycles. The highest BCUT2D eigenvalue weighted by Gasteiger charge is 2.22. The smallest absolute Gasteiger partial charge is 0.141 e. The van der Waals surface area contributed by atoms with Gasteiger partial charge in [-0.05, 0) is 6.42 Å². The highest BCUT2D eigenvalue weighted by molar-refractivity contribution is 7.13. The Labute approximate surface area is 105 Å². The third-order valence-electron chi connectivity index (χ3n) is 3.04. The van der Waals surface area contributed by atoms with E-state index in [0.29, 0.717) is 0 Å². The number of nitrogens with zero attached hydrogens (tertiary/aromatic N) is 3. The summed E-state index contributed by atoms with van der Waals surface area (Å²) in [7, 11) is 0. The van der Waals surface area contributed by atoms with Crippen LogP contribution >= 0.6 is 11.3 Å². The Kier molecular flexibility index (Phi) is 2.94. The van der Waals surface area contributed by atoms with Crippen LogP contribution in [0.4, 0.5) is 0 Å². The Morgan fingerprint density at radius 1 is 1.53 bits per heavy atom. The first kappa shape index (κ1) is 10.9. The molecule has 1 aliphatic heterocycles. The second kappa shape index (κ2) is 4.58. The molecule has 0 saturated heterocycles. The van der Waals surface area contributed by atoms with Crippen LogP contribution in [0, 0.1) is 0 Å². The van der Waals surface area contributed by atoms with Crippen LogP contribution in [0.3, 0.4) is 0 Å². The minimum absolute atomic E-state index is 0.925. The predicted octanol–water partition coefficient (Wildman–Crippen LogP) is 2.06. The summed E-state index contributed by atoms with van der Waals surface area (Å²) in [5.74, 6) is 0. The maximum atomic E-state index is 4.74. The Hall–Kier alpha value is -1.20. The normalized spacial score (nSPS) is 14.9. The summed E-state index contributed by atoms with van der Waals surface area (Å²) in [5, 5.41) is 11.3. The molecule has 0 fully saturated rings. The molecule has 0 saturated carbocycles. The van der Waals surface area contributed by atoms with Gasteiger partial charge in [-0.3, -0.25) is 4.68 Å². The van der Waals surface area contributed by atoms with Gasteiger partial charge in [0, 0.05) is 43.2 Å². The third-order valence-corrected chi connectivity index (χ3v) is 3.82. The molecular weight excluding hydrogens is 232 g/mol. The topological polar surface area (TPSA) is 42.7 Å². The van der Waals surface area contributed by atoms with Gasteiger partial charge in [0.15, 0.2) is 0 Å². The van der Waals surface area contributed by atoms with Gasteiger partial charge in [-0.1, -0.05) is 6.92 Å². The number of thiazole rings is 1. The second-order valence-electron chi connectivity index (χ2n) is 4.26. The summed E-state index contributed by atoms with van der Waals surface area (Å²) < 4.78 is 2.14. The van der Waals surface area contributed by atoms with Crippen molar-refractivity contribution in [3.8, 4) is 10.7 Å². The number of hydrogen-bond acceptors (Lipinski definition) is 4. The number of aryl methyl sites for hydroxylation is 1. The van der Waals surface area contributed by atoms with Crippen LogP contribution in [0.25, 0.3) is 10.7 Å². The molecule has 0 bridgehead atoms. The van der Waals surface area contributed by atoms with Gasteiger partial charge in [-0.15, -0.1) is 11.3 Å². The van der Waals surface area contributed by atoms with Crippen molar-refractivity contribution in [1.29, 1.82) is 0 Å². The average molecular weight is 248 g/mol. The fourth-order valence-electron chi connectivity index (χ4n) is 2.31. The highest BCUT2D eigenvalue weighted by atomic mass is 32.1. The number of nitrogens with one attached hydrogen (secondary N) is 1. The third kappa shape index (κ3) is 1.89. The van der Waals surface area contributed by atoms with E-state index in [1.165, 1.54) is 17.0 Å². The Morgan fingerprint density at radius 3 is 3.24 bits per heavy atom. The van der Waals surface area contributed by atoms with Crippen LogP contribution in [0.2, 0.25) is 0 Å². The lowest BCUT2D eigenvalue weighted by molar-refractivity contribution is 0.592. The fourth-order valence-corrected chi connectivity index (χ4v) is 3.02. The molecule has 17 heavy (non-hydrogen) atoms. The van der Waals surface area contributed by atoms with Crippen LogP contribution in [0.1, 0.15) is 24.6 Å². The van der Waals surface area contributed by atoms with E-state index in [4.69, 9.17) is 5.10 Å². The van der Waals surface area contributed by atoms with E-state index in [2.05, 4.69) is 21.9 Å². The molecule has 0 aromatic carbocycles. The van der Waals surface area contributed by atoms with Crippen LogP contribution in [0.15, 0.2) is 11.6 Å². The molecule has 3 rings (SSSR count). The van der Waals surface area contributed by atoms with E-state index in [0.717, 1.165) is 37.5 Å². The summed E-state index contributed by atoms with van der Waals surface area (Å²) in [6, 6.07) is 0. The Bertz CT molecular complexity index is 501. The first-order valence-corrected chi connectivity index (χ1v) is 6.97. The molecule has 0 unspecified atom stereocenters. The minimum Gasteiger partial charge on any atom is -0.312 e. The lowest BCUT2D eigenvalue weighted by atomic mass is 10.1. The standard InChI is InChI=1S/C12H16N4S/c1-2-6-16-11(12-14-5-7-17-12)9-8-13-4-3-10(9)15-16/h5,7,13H,2-4,6,8H2,1H3. The predicted molar refractivity (Wildman–Crippen MR) is 69.0 cm³/mol. The summed E-state index contributed by atoms with van der Waals surface area (Å²) in [5.41, 5.74) is 3.83. The largest absolute Gasteiger partial charge is 0.312 e. The number of aromatic nitrogens is 3. The van der Waals surface area contributed by atoms with Gasteiger partial charge in [0.1, 0.15) is 10.7 Å².